The number of ether oxygens (including phenoxy) is 1. The second-order valence-electron chi connectivity index (χ2n) is 5.43. The molecule has 0 bridgehead atoms. The monoisotopic (exact) mass is 296 g/mol. The number of carbonyl (C=O) groups excluding carboxylic acids is 2. The van der Waals surface area contributed by atoms with Crippen LogP contribution in [0.2, 0.25) is 0 Å². The standard InChI is InChI=1S/C14H24N4O3/c1-11(2)10-12(13(19)16-5-3-4-15)17-14(20)18-6-8-21-9-7-18/h11-12H,3,5-10H2,1-2H3,(H,16,19)(H,17,20)/t12-/m0/s1. The maximum Gasteiger partial charge on any atom is 0.318 e. The van der Waals surface area contributed by atoms with Crippen LogP contribution in [0.1, 0.15) is 26.7 Å². The Morgan fingerprint density at radius 2 is 2.00 bits per heavy atom. The van der Waals surface area contributed by atoms with E-state index in [0.29, 0.717) is 39.3 Å². The van der Waals surface area contributed by atoms with Crippen molar-refractivity contribution < 1.29 is 14.3 Å². The number of nitrogens with one attached hydrogen (secondary N) is 2. The molecule has 1 rings (SSSR count). The van der Waals surface area contributed by atoms with Gasteiger partial charge in [0.25, 0.3) is 0 Å². The maximum absolute atomic E-state index is 12.2. The molecule has 1 fully saturated rings. The van der Waals surface area contributed by atoms with E-state index in [0.717, 1.165) is 0 Å². The van der Waals surface area contributed by atoms with Gasteiger partial charge in [-0.2, -0.15) is 5.26 Å². The van der Waals surface area contributed by atoms with Crippen molar-refractivity contribution in [1.82, 2.24) is 15.5 Å². The number of urea groups is 1. The average molecular weight is 296 g/mol. The predicted molar refractivity (Wildman–Crippen MR) is 77.4 cm³/mol. The highest BCUT2D eigenvalue weighted by molar-refractivity contribution is 5.87. The Labute approximate surface area is 125 Å². The molecule has 7 nitrogen and oxygen atoms in total. The first-order valence-corrected chi connectivity index (χ1v) is 7.32. The van der Waals surface area contributed by atoms with Crippen LogP contribution < -0.4 is 10.6 Å². The molecule has 0 saturated carbocycles. The number of amides is 3. The molecular weight excluding hydrogens is 272 g/mol. The Morgan fingerprint density at radius 1 is 1.33 bits per heavy atom. The fourth-order valence-electron chi connectivity index (χ4n) is 2.07. The van der Waals surface area contributed by atoms with Crippen LogP contribution in [0.5, 0.6) is 0 Å². The fourth-order valence-corrected chi connectivity index (χ4v) is 2.07. The molecule has 0 radical (unpaired) electrons. The molecule has 7 heteroatoms. The van der Waals surface area contributed by atoms with Crippen molar-refractivity contribution in [1.29, 1.82) is 5.26 Å². The van der Waals surface area contributed by atoms with Gasteiger partial charge in [0.2, 0.25) is 5.91 Å². The van der Waals surface area contributed by atoms with Gasteiger partial charge in [-0.15, -0.1) is 0 Å². The van der Waals surface area contributed by atoms with Gasteiger partial charge in [0.1, 0.15) is 6.04 Å². The summed E-state index contributed by atoms with van der Waals surface area (Å²) in [6.45, 7) is 6.42. The minimum Gasteiger partial charge on any atom is -0.378 e. The van der Waals surface area contributed by atoms with Crippen molar-refractivity contribution in [3.63, 3.8) is 0 Å². The first-order valence-electron chi connectivity index (χ1n) is 7.32. The first-order chi connectivity index (χ1) is 10.0. The van der Waals surface area contributed by atoms with Crippen LogP contribution in [0.3, 0.4) is 0 Å². The SMILES string of the molecule is CC(C)C[C@H](NC(=O)N1CCOCC1)C(=O)NCCC#N. The van der Waals surface area contributed by atoms with E-state index >= 15 is 0 Å². The second-order valence-corrected chi connectivity index (χ2v) is 5.43. The second kappa shape index (κ2) is 9.19. The van der Waals surface area contributed by atoms with Gasteiger partial charge in [-0.1, -0.05) is 13.8 Å². The van der Waals surface area contributed by atoms with Gasteiger partial charge in [0.15, 0.2) is 0 Å². The fraction of sp³-hybridized carbons (Fsp3) is 0.786. The molecule has 0 aliphatic carbocycles. The summed E-state index contributed by atoms with van der Waals surface area (Å²) in [7, 11) is 0. The highest BCUT2D eigenvalue weighted by Crippen LogP contribution is 2.06. The van der Waals surface area contributed by atoms with Crippen molar-refractivity contribution in [2.24, 2.45) is 5.92 Å². The molecular formula is C14H24N4O3. The number of rotatable bonds is 6. The summed E-state index contributed by atoms with van der Waals surface area (Å²) in [5.74, 6) is 0.0438. The average Bonchev–Trinajstić information content (AvgIpc) is 2.47. The van der Waals surface area contributed by atoms with E-state index in [1.165, 1.54) is 0 Å². The van der Waals surface area contributed by atoms with E-state index in [2.05, 4.69) is 10.6 Å². The zero-order valence-corrected chi connectivity index (χ0v) is 12.7. The molecule has 1 saturated heterocycles. The number of morpholine rings is 1. The van der Waals surface area contributed by atoms with Crippen LogP contribution in [0, 0.1) is 17.2 Å². The highest BCUT2D eigenvalue weighted by Gasteiger charge is 2.25. The highest BCUT2D eigenvalue weighted by atomic mass is 16.5. The Bertz CT molecular complexity index is 386. The van der Waals surface area contributed by atoms with Crippen LogP contribution in [-0.2, 0) is 9.53 Å². The third kappa shape index (κ3) is 6.45. The molecule has 21 heavy (non-hydrogen) atoms. The van der Waals surface area contributed by atoms with E-state index in [4.69, 9.17) is 10.00 Å². The third-order valence-corrected chi connectivity index (χ3v) is 3.16. The molecule has 1 aliphatic heterocycles. The number of nitriles is 1. The van der Waals surface area contributed by atoms with E-state index in [-0.39, 0.29) is 24.3 Å². The number of nitrogens with zero attached hydrogens (tertiary/aromatic N) is 2. The molecule has 1 aliphatic rings. The van der Waals surface area contributed by atoms with Gasteiger partial charge in [0.05, 0.1) is 25.7 Å². The minimum atomic E-state index is -0.570. The number of carbonyl (C=O) groups is 2. The van der Waals surface area contributed by atoms with Crippen LogP contribution in [0.25, 0.3) is 0 Å². The van der Waals surface area contributed by atoms with Crippen LogP contribution in [0.4, 0.5) is 4.79 Å². The van der Waals surface area contributed by atoms with Gasteiger partial charge in [0, 0.05) is 19.6 Å². The number of hydrogen-bond donors (Lipinski definition) is 2. The van der Waals surface area contributed by atoms with E-state index in [1.807, 2.05) is 19.9 Å². The van der Waals surface area contributed by atoms with Crippen molar-refractivity contribution in [2.45, 2.75) is 32.7 Å². The maximum atomic E-state index is 12.2. The third-order valence-electron chi connectivity index (χ3n) is 3.16. The molecule has 0 aromatic heterocycles. The zero-order valence-electron chi connectivity index (χ0n) is 12.7. The normalized spacial score (nSPS) is 16.2. The van der Waals surface area contributed by atoms with Crippen LogP contribution >= 0.6 is 0 Å². The van der Waals surface area contributed by atoms with Gasteiger partial charge in [-0.3, -0.25) is 4.79 Å². The van der Waals surface area contributed by atoms with Gasteiger partial charge >= 0.3 is 6.03 Å². The molecule has 0 aromatic rings. The van der Waals surface area contributed by atoms with Gasteiger partial charge < -0.3 is 20.3 Å². The van der Waals surface area contributed by atoms with E-state index < -0.39 is 6.04 Å². The Kier molecular flexibility index (Phi) is 7.54. The lowest BCUT2D eigenvalue weighted by molar-refractivity contribution is -0.123. The molecule has 2 N–H and O–H groups in total. The van der Waals surface area contributed by atoms with Crippen molar-refractivity contribution in [2.75, 3.05) is 32.8 Å². The summed E-state index contributed by atoms with van der Waals surface area (Å²) < 4.78 is 5.20. The zero-order chi connectivity index (χ0) is 15.7. The van der Waals surface area contributed by atoms with E-state index in [9.17, 15) is 9.59 Å². The van der Waals surface area contributed by atoms with Crippen molar-refractivity contribution in [3.05, 3.63) is 0 Å². The van der Waals surface area contributed by atoms with Crippen LogP contribution in [-0.4, -0.2) is 55.7 Å². The van der Waals surface area contributed by atoms with Gasteiger partial charge in [-0.05, 0) is 12.3 Å². The molecule has 0 aromatic carbocycles. The van der Waals surface area contributed by atoms with E-state index in [1.54, 1.807) is 4.90 Å². The smallest absolute Gasteiger partial charge is 0.318 e. The lowest BCUT2D eigenvalue weighted by atomic mass is 10.0. The molecule has 1 atom stereocenters. The summed E-state index contributed by atoms with van der Waals surface area (Å²) in [5.41, 5.74) is 0. The van der Waals surface area contributed by atoms with Crippen molar-refractivity contribution >= 4 is 11.9 Å². The quantitative estimate of drug-likeness (QED) is 0.697. The molecule has 0 spiro atoms. The lowest BCUT2D eigenvalue weighted by Gasteiger charge is -2.29. The Balaban J connectivity index is 2.53. The predicted octanol–water partition coefficient (Wildman–Crippen LogP) is 0.473. The Morgan fingerprint density at radius 3 is 2.57 bits per heavy atom. The summed E-state index contributed by atoms with van der Waals surface area (Å²) in [5, 5.41) is 13.9. The topological polar surface area (TPSA) is 94.5 Å². The lowest BCUT2D eigenvalue weighted by Crippen LogP contribution is -2.53. The summed E-state index contributed by atoms with van der Waals surface area (Å²) in [6, 6.07) is 1.16. The van der Waals surface area contributed by atoms with Gasteiger partial charge in [-0.25, -0.2) is 4.79 Å². The summed E-state index contributed by atoms with van der Waals surface area (Å²) >= 11 is 0. The number of hydrogen-bond acceptors (Lipinski definition) is 4. The summed E-state index contributed by atoms with van der Waals surface area (Å²) in [6.07, 6.45) is 0.825. The molecule has 3 amide bonds. The summed E-state index contributed by atoms with van der Waals surface area (Å²) in [4.78, 5) is 25.9. The van der Waals surface area contributed by atoms with Crippen LogP contribution in [0.15, 0.2) is 0 Å². The minimum absolute atomic E-state index is 0.236. The first kappa shape index (κ1) is 17.2. The largest absolute Gasteiger partial charge is 0.378 e. The Hall–Kier alpha value is -1.81. The van der Waals surface area contributed by atoms with Crippen molar-refractivity contribution in [3.8, 4) is 6.07 Å². The molecule has 1 heterocycles. The molecule has 118 valence electrons. The molecule has 0 unspecified atom stereocenters.